The second kappa shape index (κ2) is 9.12. The number of phenols is 6. The smallest absolute Gasteiger partial charge is 0.238 e. The van der Waals surface area contributed by atoms with Crippen molar-refractivity contribution in [3.63, 3.8) is 0 Å². The van der Waals surface area contributed by atoms with Crippen LogP contribution < -0.4 is 10.2 Å². The van der Waals surface area contributed by atoms with Crippen LogP contribution in [-0.4, -0.2) is 41.5 Å². The fourth-order valence-electron chi connectivity index (χ4n) is 5.09. The standard InChI is InChI=1S/C30H20O11/c31-14-5-1-12(2-6-14)28-24(25(37)21-17(34)9-16(33)10-20(21)40-28)22-18(35)11-19(36)23-26(38)27(39)29(41-30(22)23)13-3-7-15(32)8-4-13/h1-11,24,28,31-36,39H/t24-,28+/m1/s1. The molecule has 5 aromatic rings. The summed E-state index contributed by atoms with van der Waals surface area (Å²) in [5.74, 6) is -6.25. The first-order chi connectivity index (χ1) is 19.5. The van der Waals surface area contributed by atoms with Crippen LogP contribution in [0.2, 0.25) is 0 Å². The highest BCUT2D eigenvalue weighted by Gasteiger charge is 2.44. The number of fused-ring (bicyclic) bond motifs is 2. The highest BCUT2D eigenvalue weighted by atomic mass is 16.5. The van der Waals surface area contributed by atoms with Gasteiger partial charge in [-0.15, -0.1) is 0 Å². The van der Waals surface area contributed by atoms with E-state index in [9.17, 15) is 45.3 Å². The van der Waals surface area contributed by atoms with Gasteiger partial charge in [0, 0.05) is 23.8 Å². The van der Waals surface area contributed by atoms with Gasteiger partial charge in [0.05, 0.1) is 11.5 Å². The number of carbonyl (C=O) groups is 1. The molecule has 4 aromatic carbocycles. The highest BCUT2D eigenvalue weighted by Crippen LogP contribution is 2.52. The molecule has 1 aliphatic rings. The van der Waals surface area contributed by atoms with E-state index in [1.165, 1.54) is 48.5 Å². The van der Waals surface area contributed by atoms with E-state index in [0.717, 1.165) is 18.2 Å². The monoisotopic (exact) mass is 556 g/mol. The Labute approximate surface area is 229 Å². The van der Waals surface area contributed by atoms with E-state index in [4.69, 9.17) is 9.15 Å². The molecule has 1 aromatic heterocycles. The lowest BCUT2D eigenvalue weighted by atomic mass is 9.79. The van der Waals surface area contributed by atoms with E-state index in [-0.39, 0.29) is 45.4 Å². The molecule has 1 aliphatic heterocycles. The molecule has 11 nitrogen and oxygen atoms in total. The van der Waals surface area contributed by atoms with E-state index >= 15 is 0 Å². The van der Waals surface area contributed by atoms with Crippen molar-refractivity contribution in [2.24, 2.45) is 0 Å². The molecule has 41 heavy (non-hydrogen) atoms. The number of rotatable bonds is 3. The predicted octanol–water partition coefficient (Wildman–Crippen LogP) is 4.50. The van der Waals surface area contributed by atoms with Crippen molar-refractivity contribution in [1.29, 1.82) is 0 Å². The Bertz CT molecular complexity index is 1920. The zero-order valence-electron chi connectivity index (χ0n) is 20.8. The lowest BCUT2D eigenvalue weighted by molar-refractivity contribution is 0.0772. The summed E-state index contributed by atoms with van der Waals surface area (Å²) < 4.78 is 12.0. The van der Waals surface area contributed by atoms with Crippen LogP contribution in [0, 0.1) is 0 Å². The van der Waals surface area contributed by atoms with Gasteiger partial charge in [-0.1, -0.05) is 12.1 Å². The van der Waals surface area contributed by atoms with E-state index in [2.05, 4.69) is 0 Å². The minimum absolute atomic E-state index is 0.0823. The summed E-state index contributed by atoms with van der Waals surface area (Å²) in [6.45, 7) is 0. The SMILES string of the molecule is O=C1c2c(O)cc(O)cc2O[C@@H](c2ccc(O)cc2)[C@@H]1c1c(O)cc(O)c2c(=O)c(O)c(-c3ccc(O)cc3)oc12. The van der Waals surface area contributed by atoms with Crippen molar-refractivity contribution in [3.8, 4) is 57.3 Å². The second-order valence-electron chi connectivity index (χ2n) is 9.50. The molecule has 7 N–H and O–H groups in total. The van der Waals surface area contributed by atoms with Crippen molar-refractivity contribution in [2.45, 2.75) is 12.0 Å². The van der Waals surface area contributed by atoms with Crippen LogP contribution in [0.15, 0.2) is 75.9 Å². The predicted molar refractivity (Wildman–Crippen MR) is 143 cm³/mol. The molecule has 2 heterocycles. The number of carbonyl (C=O) groups excluding carboxylic acids is 1. The number of aromatic hydroxyl groups is 7. The normalized spacial score (nSPS) is 16.3. The number of hydrogen-bond donors (Lipinski definition) is 7. The lowest BCUT2D eigenvalue weighted by Gasteiger charge is -2.34. The second-order valence-corrected chi connectivity index (χ2v) is 9.50. The molecule has 0 radical (unpaired) electrons. The van der Waals surface area contributed by atoms with E-state index in [1.54, 1.807) is 0 Å². The van der Waals surface area contributed by atoms with Crippen molar-refractivity contribution >= 4 is 16.8 Å². The molecular formula is C30H20O11. The van der Waals surface area contributed by atoms with Crippen LogP contribution in [0.1, 0.15) is 33.5 Å². The van der Waals surface area contributed by atoms with Gasteiger partial charge in [-0.3, -0.25) is 9.59 Å². The fraction of sp³-hybridized carbons (Fsp3) is 0.0667. The van der Waals surface area contributed by atoms with Crippen LogP contribution in [0.25, 0.3) is 22.3 Å². The lowest BCUT2D eigenvalue weighted by Crippen LogP contribution is -2.30. The van der Waals surface area contributed by atoms with Crippen LogP contribution in [0.5, 0.6) is 46.0 Å². The van der Waals surface area contributed by atoms with Crippen molar-refractivity contribution in [3.05, 3.63) is 93.6 Å². The highest BCUT2D eigenvalue weighted by molar-refractivity contribution is 6.09. The van der Waals surface area contributed by atoms with Crippen molar-refractivity contribution in [1.82, 2.24) is 0 Å². The summed E-state index contributed by atoms with van der Waals surface area (Å²) >= 11 is 0. The number of hydrogen-bond acceptors (Lipinski definition) is 11. The Morgan fingerprint density at radius 1 is 0.659 bits per heavy atom. The Hall–Kier alpha value is -5.84. The maximum Gasteiger partial charge on any atom is 0.238 e. The van der Waals surface area contributed by atoms with Gasteiger partial charge in [-0.2, -0.15) is 0 Å². The molecule has 0 spiro atoms. The number of benzene rings is 4. The molecule has 0 amide bonds. The topological polar surface area (TPSA) is 198 Å². The van der Waals surface area contributed by atoms with E-state index < -0.39 is 57.2 Å². The van der Waals surface area contributed by atoms with Gasteiger partial charge in [0.25, 0.3) is 0 Å². The van der Waals surface area contributed by atoms with Gasteiger partial charge < -0.3 is 44.9 Å². The number of phenolic OH excluding ortho intramolecular Hbond substituents is 6. The summed E-state index contributed by atoms with van der Waals surface area (Å²) in [5, 5.41) is 72.0. The molecule has 0 unspecified atom stereocenters. The summed E-state index contributed by atoms with van der Waals surface area (Å²) in [7, 11) is 0. The average Bonchev–Trinajstić information content (AvgIpc) is 2.92. The molecule has 6 rings (SSSR count). The number of Topliss-reactive ketones (excluding diaryl/α,β-unsaturated/α-hetero) is 1. The molecule has 0 saturated heterocycles. The first-order valence-corrected chi connectivity index (χ1v) is 12.1. The Morgan fingerprint density at radius 2 is 1.29 bits per heavy atom. The molecule has 11 heteroatoms. The van der Waals surface area contributed by atoms with Crippen LogP contribution in [0.3, 0.4) is 0 Å². The third-order valence-corrected chi connectivity index (χ3v) is 6.95. The largest absolute Gasteiger partial charge is 0.508 e. The van der Waals surface area contributed by atoms with Gasteiger partial charge in [0.15, 0.2) is 17.1 Å². The number of ketones is 1. The fourth-order valence-corrected chi connectivity index (χ4v) is 5.09. The summed E-state index contributed by atoms with van der Waals surface area (Å²) in [4.78, 5) is 27.4. The van der Waals surface area contributed by atoms with E-state index in [1.807, 2.05) is 0 Å². The molecule has 0 bridgehead atoms. The van der Waals surface area contributed by atoms with Gasteiger partial charge in [0.2, 0.25) is 11.2 Å². The van der Waals surface area contributed by atoms with Crippen LogP contribution in [-0.2, 0) is 0 Å². The molecule has 0 fully saturated rings. The van der Waals surface area contributed by atoms with Crippen LogP contribution >= 0.6 is 0 Å². The van der Waals surface area contributed by atoms with E-state index in [0.29, 0.717) is 5.56 Å². The van der Waals surface area contributed by atoms with Crippen molar-refractivity contribution in [2.75, 3.05) is 0 Å². The molecule has 206 valence electrons. The molecule has 0 saturated carbocycles. The molecular weight excluding hydrogens is 536 g/mol. The van der Waals surface area contributed by atoms with Gasteiger partial charge in [-0.05, 0) is 42.0 Å². The zero-order valence-corrected chi connectivity index (χ0v) is 20.8. The van der Waals surface area contributed by atoms with Crippen molar-refractivity contribution < 1.29 is 49.7 Å². The third-order valence-electron chi connectivity index (χ3n) is 6.95. The van der Waals surface area contributed by atoms with Gasteiger partial charge in [0.1, 0.15) is 57.3 Å². The molecule has 0 aliphatic carbocycles. The van der Waals surface area contributed by atoms with Crippen LogP contribution in [0.4, 0.5) is 0 Å². The summed E-state index contributed by atoms with van der Waals surface area (Å²) in [6.07, 6.45) is -1.26. The number of ether oxygens (including phenoxy) is 1. The van der Waals surface area contributed by atoms with Gasteiger partial charge >= 0.3 is 0 Å². The minimum Gasteiger partial charge on any atom is -0.508 e. The Balaban J connectivity index is 1.69. The first kappa shape index (κ1) is 25.4. The average molecular weight is 556 g/mol. The summed E-state index contributed by atoms with van der Waals surface area (Å²) in [5.41, 5.74) is -1.63. The Morgan fingerprint density at radius 3 is 1.95 bits per heavy atom. The Kier molecular flexibility index (Phi) is 5.66. The molecule has 2 atom stereocenters. The van der Waals surface area contributed by atoms with Gasteiger partial charge in [-0.25, -0.2) is 0 Å². The quantitative estimate of drug-likeness (QED) is 0.165. The minimum atomic E-state index is -1.51. The summed E-state index contributed by atoms with van der Waals surface area (Å²) in [6, 6.07) is 13.8. The maximum absolute atomic E-state index is 14.1. The first-order valence-electron chi connectivity index (χ1n) is 12.1. The maximum atomic E-state index is 14.1. The zero-order chi connectivity index (χ0) is 29.2. The third kappa shape index (κ3) is 3.98.